The minimum absolute atomic E-state index is 0.152. The molecule has 118 valence electrons. The second-order valence-electron chi connectivity index (χ2n) is 5.33. The highest BCUT2D eigenvalue weighted by Crippen LogP contribution is 2.18. The Labute approximate surface area is 127 Å². The SMILES string of the molecule is CCC(CC)C(=O)NCCCCNc1nccc(C)c1N. The number of amides is 1. The molecule has 5 nitrogen and oxygen atoms in total. The monoisotopic (exact) mass is 292 g/mol. The van der Waals surface area contributed by atoms with Gasteiger partial charge < -0.3 is 16.4 Å². The lowest BCUT2D eigenvalue weighted by atomic mass is 10.0. The number of pyridine rings is 1. The number of nitrogens with two attached hydrogens (primary N) is 1. The molecule has 0 aliphatic carbocycles. The van der Waals surface area contributed by atoms with Crippen molar-refractivity contribution < 1.29 is 4.79 Å². The van der Waals surface area contributed by atoms with Gasteiger partial charge in [-0.2, -0.15) is 0 Å². The summed E-state index contributed by atoms with van der Waals surface area (Å²) in [4.78, 5) is 16.0. The van der Waals surface area contributed by atoms with Gasteiger partial charge in [-0.15, -0.1) is 0 Å². The zero-order chi connectivity index (χ0) is 15.7. The molecule has 0 saturated carbocycles. The smallest absolute Gasteiger partial charge is 0.223 e. The number of hydrogen-bond acceptors (Lipinski definition) is 4. The lowest BCUT2D eigenvalue weighted by molar-refractivity contribution is -0.125. The molecule has 1 rings (SSSR count). The fourth-order valence-electron chi connectivity index (χ4n) is 2.18. The van der Waals surface area contributed by atoms with Gasteiger partial charge in [0, 0.05) is 25.2 Å². The Morgan fingerprint density at radius 2 is 1.95 bits per heavy atom. The molecule has 1 aromatic heterocycles. The van der Waals surface area contributed by atoms with Crippen molar-refractivity contribution in [3.05, 3.63) is 17.8 Å². The zero-order valence-corrected chi connectivity index (χ0v) is 13.4. The fourth-order valence-corrected chi connectivity index (χ4v) is 2.18. The standard InChI is InChI=1S/C16H28N4O/c1-4-13(5-2)16(21)20-10-7-6-9-18-15-14(17)12(3)8-11-19-15/h8,11,13H,4-7,9-10,17H2,1-3H3,(H,18,19)(H,20,21). The van der Waals surface area contributed by atoms with Crippen molar-refractivity contribution in [1.82, 2.24) is 10.3 Å². The van der Waals surface area contributed by atoms with E-state index in [-0.39, 0.29) is 11.8 Å². The minimum atomic E-state index is 0.152. The normalized spacial score (nSPS) is 10.7. The Morgan fingerprint density at radius 3 is 2.62 bits per heavy atom. The molecule has 0 aromatic carbocycles. The average molecular weight is 292 g/mol. The first-order valence-corrected chi connectivity index (χ1v) is 7.82. The van der Waals surface area contributed by atoms with Gasteiger partial charge in [0.2, 0.25) is 5.91 Å². The van der Waals surface area contributed by atoms with Crippen molar-refractivity contribution in [1.29, 1.82) is 0 Å². The minimum Gasteiger partial charge on any atom is -0.396 e. The van der Waals surface area contributed by atoms with Crippen molar-refractivity contribution >= 4 is 17.4 Å². The number of rotatable bonds is 9. The summed E-state index contributed by atoms with van der Waals surface area (Å²) in [5, 5.41) is 6.23. The van der Waals surface area contributed by atoms with E-state index in [2.05, 4.69) is 29.5 Å². The number of anilines is 2. The molecule has 4 N–H and O–H groups in total. The Morgan fingerprint density at radius 1 is 1.29 bits per heavy atom. The van der Waals surface area contributed by atoms with E-state index in [4.69, 9.17) is 5.73 Å². The lowest BCUT2D eigenvalue weighted by Crippen LogP contribution is -2.31. The highest BCUT2D eigenvalue weighted by Gasteiger charge is 2.12. The first-order chi connectivity index (χ1) is 10.1. The topological polar surface area (TPSA) is 80.0 Å². The lowest BCUT2D eigenvalue weighted by Gasteiger charge is -2.13. The van der Waals surface area contributed by atoms with E-state index in [1.807, 2.05) is 13.0 Å². The first-order valence-electron chi connectivity index (χ1n) is 7.82. The van der Waals surface area contributed by atoms with Crippen LogP contribution in [0, 0.1) is 12.8 Å². The molecule has 0 fully saturated rings. The van der Waals surface area contributed by atoms with E-state index >= 15 is 0 Å². The molecule has 1 amide bonds. The van der Waals surface area contributed by atoms with Gasteiger partial charge in [-0.25, -0.2) is 4.98 Å². The van der Waals surface area contributed by atoms with Crippen LogP contribution in [0.25, 0.3) is 0 Å². The number of carbonyl (C=O) groups excluding carboxylic acids is 1. The van der Waals surface area contributed by atoms with Gasteiger partial charge in [-0.05, 0) is 44.2 Å². The maximum Gasteiger partial charge on any atom is 0.223 e. The molecule has 0 radical (unpaired) electrons. The highest BCUT2D eigenvalue weighted by atomic mass is 16.1. The highest BCUT2D eigenvalue weighted by molar-refractivity contribution is 5.78. The molecule has 0 bridgehead atoms. The number of carbonyl (C=O) groups is 1. The van der Waals surface area contributed by atoms with Crippen LogP contribution < -0.4 is 16.4 Å². The molecule has 0 spiro atoms. The molecular weight excluding hydrogens is 264 g/mol. The summed E-state index contributed by atoms with van der Waals surface area (Å²) in [5.74, 6) is 1.08. The third kappa shape index (κ3) is 5.61. The third-order valence-corrected chi connectivity index (χ3v) is 3.76. The maximum atomic E-state index is 11.8. The summed E-state index contributed by atoms with van der Waals surface area (Å²) in [7, 11) is 0. The van der Waals surface area contributed by atoms with Gasteiger partial charge in [-0.3, -0.25) is 4.79 Å². The van der Waals surface area contributed by atoms with Crippen molar-refractivity contribution in [2.75, 3.05) is 24.1 Å². The molecule has 0 saturated heterocycles. The van der Waals surface area contributed by atoms with Gasteiger partial charge in [-0.1, -0.05) is 13.8 Å². The van der Waals surface area contributed by atoms with Crippen molar-refractivity contribution in [3.8, 4) is 0 Å². The van der Waals surface area contributed by atoms with Crippen LogP contribution in [0.5, 0.6) is 0 Å². The van der Waals surface area contributed by atoms with E-state index in [1.165, 1.54) is 0 Å². The van der Waals surface area contributed by atoms with Crippen molar-refractivity contribution in [2.45, 2.75) is 46.5 Å². The summed E-state index contributed by atoms with van der Waals surface area (Å²) in [6.07, 6.45) is 5.48. The summed E-state index contributed by atoms with van der Waals surface area (Å²) >= 11 is 0. The fraction of sp³-hybridized carbons (Fsp3) is 0.625. The maximum absolute atomic E-state index is 11.8. The van der Waals surface area contributed by atoms with E-state index in [0.717, 1.165) is 50.2 Å². The molecule has 0 atom stereocenters. The van der Waals surface area contributed by atoms with Gasteiger partial charge in [0.25, 0.3) is 0 Å². The summed E-state index contributed by atoms with van der Waals surface area (Å²) in [5.41, 5.74) is 7.69. The van der Waals surface area contributed by atoms with Gasteiger partial charge in [0.05, 0.1) is 5.69 Å². The van der Waals surface area contributed by atoms with E-state index in [9.17, 15) is 4.79 Å². The summed E-state index contributed by atoms with van der Waals surface area (Å²) in [6, 6.07) is 1.90. The van der Waals surface area contributed by atoms with E-state index in [1.54, 1.807) is 6.20 Å². The van der Waals surface area contributed by atoms with Crippen molar-refractivity contribution in [2.24, 2.45) is 5.92 Å². The van der Waals surface area contributed by atoms with Crippen molar-refractivity contribution in [3.63, 3.8) is 0 Å². The number of aromatic nitrogens is 1. The van der Waals surface area contributed by atoms with Crippen LogP contribution >= 0.6 is 0 Å². The van der Waals surface area contributed by atoms with Crippen LogP contribution in [-0.4, -0.2) is 24.0 Å². The largest absolute Gasteiger partial charge is 0.396 e. The van der Waals surface area contributed by atoms with Crippen LogP contribution in [0.15, 0.2) is 12.3 Å². The zero-order valence-electron chi connectivity index (χ0n) is 13.4. The number of unbranched alkanes of at least 4 members (excludes halogenated alkanes) is 1. The number of hydrogen-bond donors (Lipinski definition) is 3. The molecule has 1 heterocycles. The van der Waals surface area contributed by atoms with Crippen LogP contribution in [0.2, 0.25) is 0 Å². The second-order valence-corrected chi connectivity index (χ2v) is 5.33. The van der Waals surface area contributed by atoms with Gasteiger partial charge in [0.15, 0.2) is 0 Å². The second kappa shape index (κ2) is 9.21. The Bertz CT molecular complexity index is 444. The molecular formula is C16H28N4O. The number of nitrogen functional groups attached to an aromatic ring is 1. The number of nitrogens with zero attached hydrogens (tertiary/aromatic N) is 1. The molecule has 0 aliphatic rings. The number of aryl methyl sites for hydroxylation is 1. The molecule has 1 aromatic rings. The summed E-state index contributed by atoms with van der Waals surface area (Å²) < 4.78 is 0. The Hall–Kier alpha value is -1.78. The van der Waals surface area contributed by atoms with Crippen LogP contribution in [0.3, 0.4) is 0 Å². The molecule has 0 aliphatic heterocycles. The molecule has 0 unspecified atom stereocenters. The van der Waals surface area contributed by atoms with Gasteiger partial charge >= 0.3 is 0 Å². The first kappa shape index (κ1) is 17.3. The third-order valence-electron chi connectivity index (χ3n) is 3.76. The molecule has 5 heteroatoms. The summed E-state index contributed by atoms with van der Waals surface area (Å²) in [6.45, 7) is 7.61. The Balaban J connectivity index is 2.18. The Kier molecular flexibility index (Phi) is 7.58. The van der Waals surface area contributed by atoms with Crippen LogP contribution in [-0.2, 0) is 4.79 Å². The quantitative estimate of drug-likeness (QED) is 0.611. The predicted octanol–water partition coefficient (Wildman–Crippen LogP) is 2.72. The van der Waals surface area contributed by atoms with Crippen LogP contribution in [0.1, 0.15) is 45.1 Å². The average Bonchev–Trinajstić information content (AvgIpc) is 2.48. The number of nitrogens with one attached hydrogen (secondary N) is 2. The molecule has 21 heavy (non-hydrogen) atoms. The predicted molar refractivity (Wildman–Crippen MR) is 88.2 cm³/mol. The van der Waals surface area contributed by atoms with Crippen LogP contribution in [0.4, 0.5) is 11.5 Å². The van der Waals surface area contributed by atoms with E-state index < -0.39 is 0 Å². The van der Waals surface area contributed by atoms with E-state index in [0.29, 0.717) is 5.69 Å². The van der Waals surface area contributed by atoms with Gasteiger partial charge in [0.1, 0.15) is 5.82 Å².